The normalized spacial score (nSPS) is 29.3. The minimum atomic E-state index is -0.223. The van der Waals surface area contributed by atoms with E-state index in [1.807, 2.05) is 0 Å². The molecular weight excluding hydrogens is 258 g/mol. The molecule has 0 aromatic heterocycles. The van der Waals surface area contributed by atoms with Gasteiger partial charge < -0.3 is 0 Å². The van der Waals surface area contributed by atoms with Crippen molar-refractivity contribution in [3.63, 3.8) is 0 Å². The van der Waals surface area contributed by atoms with E-state index < -0.39 is 0 Å². The zero-order chi connectivity index (χ0) is 12.4. The summed E-state index contributed by atoms with van der Waals surface area (Å²) in [6, 6.07) is 4.56. The largest absolute Gasteiger partial charge is 0.207 e. The summed E-state index contributed by atoms with van der Waals surface area (Å²) >= 11 is 12.4. The predicted molar refractivity (Wildman–Crippen MR) is 71.3 cm³/mol. The molecule has 1 aliphatic rings. The van der Waals surface area contributed by atoms with Gasteiger partial charge in [-0.15, -0.1) is 11.6 Å². The number of hydrogen-bond acceptors (Lipinski definition) is 0. The zero-order valence-corrected chi connectivity index (χ0v) is 11.4. The van der Waals surface area contributed by atoms with Gasteiger partial charge in [-0.05, 0) is 61.3 Å². The average Bonchev–Trinajstić information content (AvgIpc) is 2.28. The highest BCUT2D eigenvalue weighted by Crippen LogP contribution is 2.35. The third kappa shape index (κ3) is 3.35. The van der Waals surface area contributed by atoms with E-state index in [4.69, 9.17) is 23.2 Å². The number of alkyl halides is 1. The third-order valence-electron chi connectivity index (χ3n) is 3.64. The fourth-order valence-corrected chi connectivity index (χ4v) is 3.17. The van der Waals surface area contributed by atoms with Crippen molar-refractivity contribution in [2.45, 2.75) is 38.0 Å². The van der Waals surface area contributed by atoms with Gasteiger partial charge in [0, 0.05) is 10.4 Å². The van der Waals surface area contributed by atoms with Gasteiger partial charge in [-0.25, -0.2) is 4.39 Å². The zero-order valence-electron chi connectivity index (χ0n) is 9.93. The molecule has 3 atom stereocenters. The molecule has 0 bridgehead atoms. The van der Waals surface area contributed by atoms with Crippen molar-refractivity contribution in [3.8, 4) is 0 Å². The molecule has 17 heavy (non-hydrogen) atoms. The number of halogens is 3. The summed E-state index contributed by atoms with van der Waals surface area (Å²) in [4.78, 5) is 0. The second kappa shape index (κ2) is 5.58. The molecule has 0 radical (unpaired) electrons. The van der Waals surface area contributed by atoms with Gasteiger partial charge in [0.2, 0.25) is 0 Å². The summed E-state index contributed by atoms with van der Waals surface area (Å²) < 4.78 is 13.2. The van der Waals surface area contributed by atoms with Gasteiger partial charge in [-0.3, -0.25) is 0 Å². The Morgan fingerprint density at radius 1 is 1.35 bits per heavy atom. The van der Waals surface area contributed by atoms with Crippen LogP contribution in [0.15, 0.2) is 18.2 Å². The molecule has 94 valence electrons. The first-order valence-electron chi connectivity index (χ1n) is 6.14. The quantitative estimate of drug-likeness (QED) is 0.661. The topological polar surface area (TPSA) is 0 Å². The summed E-state index contributed by atoms with van der Waals surface area (Å²) in [5.41, 5.74) is 0.886. The molecule has 0 heterocycles. The molecule has 0 nitrogen and oxygen atoms in total. The Hall–Kier alpha value is -0.270. The van der Waals surface area contributed by atoms with E-state index in [0.29, 0.717) is 16.9 Å². The van der Waals surface area contributed by atoms with Crippen molar-refractivity contribution in [1.82, 2.24) is 0 Å². The monoisotopic (exact) mass is 274 g/mol. The maximum absolute atomic E-state index is 13.2. The molecule has 1 aromatic rings. The third-order valence-corrected chi connectivity index (χ3v) is 4.59. The summed E-state index contributed by atoms with van der Waals surface area (Å²) in [5.74, 6) is 0.904. The number of benzene rings is 1. The Morgan fingerprint density at radius 2 is 2.12 bits per heavy atom. The van der Waals surface area contributed by atoms with Crippen molar-refractivity contribution in [2.75, 3.05) is 0 Å². The van der Waals surface area contributed by atoms with E-state index in [1.54, 1.807) is 6.07 Å². The molecular formula is C14H17Cl2F. The van der Waals surface area contributed by atoms with Gasteiger partial charge in [0.1, 0.15) is 5.82 Å². The van der Waals surface area contributed by atoms with Gasteiger partial charge >= 0.3 is 0 Å². The van der Waals surface area contributed by atoms with Crippen LogP contribution in [0.3, 0.4) is 0 Å². The van der Waals surface area contributed by atoms with Crippen LogP contribution >= 0.6 is 23.2 Å². The number of hydrogen-bond donors (Lipinski definition) is 0. The van der Waals surface area contributed by atoms with Crippen LogP contribution in [0.4, 0.5) is 4.39 Å². The lowest BCUT2D eigenvalue weighted by atomic mass is 9.79. The van der Waals surface area contributed by atoms with Crippen LogP contribution in [0, 0.1) is 17.7 Å². The minimum absolute atomic E-state index is 0.200. The maximum atomic E-state index is 13.2. The molecule has 3 unspecified atom stereocenters. The summed E-state index contributed by atoms with van der Waals surface area (Å²) in [6.45, 7) is 2.25. The molecule has 1 saturated carbocycles. The molecule has 0 aliphatic heterocycles. The second-order valence-corrected chi connectivity index (χ2v) is 6.10. The molecule has 1 fully saturated rings. The highest BCUT2D eigenvalue weighted by molar-refractivity contribution is 6.31. The Bertz CT molecular complexity index is 392. The molecule has 3 heteroatoms. The van der Waals surface area contributed by atoms with Crippen molar-refractivity contribution >= 4 is 23.2 Å². The molecule has 1 aliphatic carbocycles. The Kier molecular flexibility index (Phi) is 4.32. The maximum Gasteiger partial charge on any atom is 0.123 e. The van der Waals surface area contributed by atoms with E-state index in [1.165, 1.54) is 18.6 Å². The smallest absolute Gasteiger partial charge is 0.123 e. The highest BCUT2D eigenvalue weighted by atomic mass is 35.5. The fraction of sp³-hybridized carbons (Fsp3) is 0.571. The first kappa shape index (κ1) is 13.2. The van der Waals surface area contributed by atoms with Crippen LogP contribution < -0.4 is 0 Å². The van der Waals surface area contributed by atoms with Crippen molar-refractivity contribution in [2.24, 2.45) is 11.8 Å². The van der Waals surface area contributed by atoms with E-state index in [2.05, 4.69) is 6.92 Å². The lowest BCUT2D eigenvalue weighted by Crippen LogP contribution is -2.26. The summed E-state index contributed by atoms with van der Waals surface area (Å²) in [6.07, 6.45) is 4.15. The highest BCUT2D eigenvalue weighted by Gasteiger charge is 2.27. The molecule has 0 amide bonds. The standard InChI is InChI=1S/C14H17Cl2F/c1-9-2-4-13(15)10(6-9)7-11-8-12(17)3-5-14(11)16/h3,5,8-10,13H,2,4,6-7H2,1H3. The van der Waals surface area contributed by atoms with Crippen molar-refractivity contribution in [1.29, 1.82) is 0 Å². The van der Waals surface area contributed by atoms with Crippen LogP contribution in [0.2, 0.25) is 5.02 Å². The van der Waals surface area contributed by atoms with Crippen LogP contribution in [-0.2, 0) is 6.42 Å². The molecule has 1 aromatic carbocycles. The fourth-order valence-electron chi connectivity index (χ4n) is 2.66. The minimum Gasteiger partial charge on any atom is -0.207 e. The van der Waals surface area contributed by atoms with Crippen molar-refractivity contribution in [3.05, 3.63) is 34.6 Å². The van der Waals surface area contributed by atoms with Crippen LogP contribution in [-0.4, -0.2) is 5.38 Å². The van der Waals surface area contributed by atoms with E-state index >= 15 is 0 Å². The van der Waals surface area contributed by atoms with E-state index in [-0.39, 0.29) is 11.2 Å². The number of rotatable bonds is 2. The SMILES string of the molecule is CC1CCC(Cl)C(Cc2cc(F)ccc2Cl)C1. The Balaban J connectivity index is 2.11. The summed E-state index contributed by atoms with van der Waals surface area (Å²) in [5, 5.41) is 0.846. The molecule has 0 N–H and O–H groups in total. The predicted octanol–water partition coefficient (Wildman–Crippen LogP) is 5.07. The molecule has 0 saturated heterocycles. The van der Waals surface area contributed by atoms with E-state index in [0.717, 1.165) is 24.8 Å². The molecule has 0 spiro atoms. The Morgan fingerprint density at radius 3 is 2.88 bits per heavy atom. The van der Waals surface area contributed by atoms with Crippen LogP contribution in [0.25, 0.3) is 0 Å². The van der Waals surface area contributed by atoms with E-state index in [9.17, 15) is 4.39 Å². The van der Waals surface area contributed by atoms with Gasteiger partial charge in [0.25, 0.3) is 0 Å². The lowest BCUT2D eigenvalue weighted by molar-refractivity contribution is 0.287. The van der Waals surface area contributed by atoms with Gasteiger partial charge in [0.05, 0.1) is 0 Å². The van der Waals surface area contributed by atoms with Gasteiger partial charge in [-0.1, -0.05) is 18.5 Å². The first-order valence-corrected chi connectivity index (χ1v) is 6.95. The average molecular weight is 275 g/mol. The van der Waals surface area contributed by atoms with Crippen LogP contribution in [0.1, 0.15) is 31.7 Å². The lowest BCUT2D eigenvalue weighted by Gasteiger charge is -2.31. The van der Waals surface area contributed by atoms with Gasteiger partial charge in [-0.2, -0.15) is 0 Å². The van der Waals surface area contributed by atoms with Crippen LogP contribution in [0.5, 0.6) is 0 Å². The molecule has 2 rings (SSSR count). The van der Waals surface area contributed by atoms with Gasteiger partial charge in [0.15, 0.2) is 0 Å². The second-order valence-electron chi connectivity index (χ2n) is 5.13. The Labute approximate surface area is 112 Å². The van der Waals surface area contributed by atoms with Crippen molar-refractivity contribution < 1.29 is 4.39 Å². The summed E-state index contributed by atoms with van der Waals surface area (Å²) in [7, 11) is 0. The first-order chi connectivity index (χ1) is 8.06.